The number of rotatable bonds is 10. The van der Waals surface area contributed by atoms with Crippen molar-refractivity contribution in [1.29, 1.82) is 0 Å². The van der Waals surface area contributed by atoms with Crippen LogP contribution >= 0.6 is 0 Å². The zero-order valence-electron chi connectivity index (χ0n) is 21.2. The number of aromatic hydroxyl groups is 1. The fourth-order valence-electron chi connectivity index (χ4n) is 4.21. The van der Waals surface area contributed by atoms with Gasteiger partial charge in [-0.3, -0.25) is 9.69 Å². The van der Waals surface area contributed by atoms with E-state index >= 15 is 0 Å². The van der Waals surface area contributed by atoms with Crippen LogP contribution in [0.2, 0.25) is 0 Å². The van der Waals surface area contributed by atoms with Crippen molar-refractivity contribution in [3.8, 4) is 17.6 Å². The SMILES string of the molecule is COCCNC[C@@H](Cc1ncc(O)c(=O)[nH]1)c1ccc(C#Cc2ccc(CN3CCOCC3)cc2)cc1. The number of H-pyrrole nitrogens is 1. The van der Waals surface area contributed by atoms with Gasteiger partial charge in [0.25, 0.3) is 5.56 Å². The average Bonchev–Trinajstić information content (AvgIpc) is 2.93. The Labute approximate surface area is 217 Å². The Balaban J connectivity index is 1.40. The fraction of sp³-hybridized carbons (Fsp3) is 0.379. The molecule has 0 unspecified atom stereocenters. The van der Waals surface area contributed by atoms with Gasteiger partial charge in [0, 0.05) is 63.3 Å². The average molecular weight is 503 g/mol. The number of nitrogens with zero attached hydrogens (tertiary/aromatic N) is 2. The minimum atomic E-state index is -0.532. The molecule has 1 aliphatic rings. The molecule has 194 valence electrons. The molecule has 1 aliphatic heterocycles. The van der Waals surface area contributed by atoms with Crippen LogP contribution in [0.4, 0.5) is 0 Å². The highest BCUT2D eigenvalue weighted by molar-refractivity contribution is 5.44. The number of morpholine rings is 1. The second-order valence-corrected chi connectivity index (χ2v) is 9.10. The molecule has 0 radical (unpaired) electrons. The van der Waals surface area contributed by atoms with Gasteiger partial charge >= 0.3 is 0 Å². The normalized spacial score (nSPS) is 14.6. The number of ether oxygens (including phenoxy) is 2. The number of nitrogens with one attached hydrogen (secondary N) is 2. The molecule has 3 aromatic rings. The van der Waals surface area contributed by atoms with Gasteiger partial charge in [0.1, 0.15) is 5.82 Å². The molecule has 8 nitrogen and oxygen atoms in total. The van der Waals surface area contributed by atoms with E-state index in [9.17, 15) is 9.90 Å². The molecule has 37 heavy (non-hydrogen) atoms. The Morgan fingerprint density at radius 1 is 1.11 bits per heavy atom. The zero-order valence-corrected chi connectivity index (χ0v) is 21.2. The number of aromatic nitrogens is 2. The van der Waals surface area contributed by atoms with Crippen LogP contribution in [0, 0.1) is 11.8 Å². The summed E-state index contributed by atoms with van der Waals surface area (Å²) < 4.78 is 10.5. The minimum absolute atomic E-state index is 0.0746. The number of hydrogen-bond acceptors (Lipinski definition) is 7. The lowest BCUT2D eigenvalue weighted by Gasteiger charge is -2.26. The third kappa shape index (κ3) is 8.27. The van der Waals surface area contributed by atoms with Gasteiger partial charge in [0.05, 0.1) is 26.0 Å². The largest absolute Gasteiger partial charge is 0.502 e. The van der Waals surface area contributed by atoms with Gasteiger partial charge in [-0.05, 0) is 35.4 Å². The minimum Gasteiger partial charge on any atom is -0.502 e. The lowest BCUT2D eigenvalue weighted by atomic mass is 9.94. The predicted molar refractivity (Wildman–Crippen MR) is 143 cm³/mol. The van der Waals surface area contributed by atoms with Gasteiger partial charge in [-0.25, -0.2) is 4.98 Å². The van der Waals surface area contributed by atoms with Crippen LogP contribution in [0.25, 0.3) is 0 Å². The van der Waals surface area contributed by atoms with Crippen LogP contribution in [0.15, 0.2) is 59.5 Å². The maximum absolute atomic E-state index is 11.8. The van der Waals surface area contributed by atoms with Crippen molar-refractivity contribution in [3.63, 3.8) is 0 Å². The smallest absolute Gasteiger partial charge is 0.293 e. The fourth-order valence-corrected chi connectivity index (χ4v) is 4.21. The Morgan fingerprint density at radius 3 is 2.43 bits per heavy atom. The quantitative estimate of drug-likeness (QED) is 0.289. The molecule has 0 bridgehead atoms. The molecule has 8 heteroatoms. The topological polar surface area (TPSA) is 99.7 Å². The summed E-state index contributed by atoms with van der Waals surface area (Å²) in [7, 11) is 1.67. The van der Waals surface area contributed by atoms with Gasteiger partial charge in [0.15, 0.2) is 5.75 Å². The lowest BCUT2D eigenvalue weighted by Crippen LogP contribution is -2.35. The molecular formula is C29H34N4O4. The molecule has 2 aromatic carbocycles. The summed E-state index contributed by atoms with van der Waals surface area (Å²) in [6.45, 7) is 6.53. The van der Waals surface area contributed by atoms with Gasteiger partial charge < -0.3 is 24.9 Å². The Kier molecular flexibility index (Phi) is 9.86. The summed E-state index contributed by atoms with van der Waals surface area (Å²) in [6.07, 6.45) is 1.72. The lowest BCUT2D eigenvalue weighted by molar-refractivity contribution is 0.0342. The van der Waals surface area contributed by atoms with E-state index < -0.39 is 5.56 Å². The summed E-state index contributed by atoms with van der Waals surface area (Å²) in [5, 5.41) is 12.9. The van der Waals surface area contributed by atoms with Gasteiger partial charge in [-0.1, -0.05) is 36.1 Å². The van der Waals surface area contributed by atoms with Crippen molar-refractivity contribution in [2.75, 3.05) is 53.1 Å². The first kappa shape index (κ1) is 26.6. The van der Waals surface area contributed by atoms with Crippen molar-refractivity contribution in [3.05, 3.63) is 93.2 Å². The molecule has 2 heterocycles. The predicted octanol–water partition coefficient (Wildman–Crippen LogP) is 2.27. The van der Waals surface area contributed by atoms with E-state index in [4.69, 9.17) is 9.47 Å². The molecule has 3 N–H and O–H groups in total. The molecule has 1 saturated heterocycles. The third-order valence-corrected chi connectivity index (χ3v) is 6.34. The van der Waals surface area contributed by atoms with E-state index in [1.807, 2.05) is 12.1 Å². The summed E-state index contributed by atoms with van der Waals surface area (Å²) in [5.74, 6) is 6.73. The van der Waals surface area contributed by atoms with Crippen LogP contribution in [0.1, 0.15) is 34.0 Å². The number of hydrogen-bond donors (Lipinski definition) is 3. The summed E-state index contributed by atoms with van der Waals surface area (Å²) in [5.41, 5.74) is 3.78. The van der Waals surface area contributed by atoms with Crippen LogP contribution < -0.4 is 10.9 Å². The molecule has 0 saturated carbocycles. The number of methoxy groups -OCH3 is 1. The van der Waals surface area contributed by atoms with Crippen molar-refractivity contribution in [2.24, 2.45) is 0 Å². The van der Waals surface area contributed by atoms with Gasteiger partial charge in [0.2, 0.25) is 0 Å². The van der Waals surface area contributed by atoms with E-state index in [-0.39, 0.29) is 11.7 Å². The molecule has 0 amide bonds. The van der Waals surface area contributed by atoms with Crippen LogP contribution in [0.3, 0.4) is 0 Å². The monoisotopic (exact) mass is 502 g/mol. The molecule has 0 aliphatic carbocycles. The summed E-state index contributed by atoms with van der Waals surface area (Å²) in [4.78, 5) is 21.0. The Morgan fingerprint density at radius 2 is 1.78 bits per heavy atom. The molecule has 0 spiro atoms. The summed E-state index contributed by atoms with van der Waals surface area (Å²) >= 11 is 0. The Bertz CT molecular complexity index is 1240. The second-order valence-electron chi connectivity index (χ2n) is 9.10. The van der Waals surface area contributed by atoms with Crippen LogP contribution in [0.5, 0.6) is 5.75 Å². The van der Waals surface area contributed by atoms with Gasteiger partial charge in [-0.15, -0.1) is 0 Å². The molecule has 1 aromatic heterocycles. The van der Waals surface area contributed by atoms with Crippen molar-refractivity contribution >= 4 is 0 Å². The number of aromatic amines is 1. The van der Waals surface area contributed by atoms with Crippen LogP contribution in [-0.4, -0.2) is 73.1 Å². The first-order valence-corrected chi connectivity index (χ1v) is 12.6. The second kappa shape index (κ2) is 13.7. The van der Waals surface area contributed by atoms with Crippen molar-refractivity contribution in [1.82, 2.24) is 20.2 Å². The van der Waals surface area contributed by atoms with E-state index in [1.165, 1.54) is 11.8 Å². The van der Waals surface area contributed by atoms with Crippen molar-refractivity contribution < 1.29 is 14.6 Å². The molecule has 4 rings (SSSR count). The molecular weight excluding hydrogens is 468 g/mol. The Hall–Kier alpha value is -3.48. The maximum Gasteiger partial charge on any atom is 0.293 e. The molecule has 1 fully saturated rings. The zero-order chi connectivity index (χ0) is 25.9. The summed E-state index contributed by atoms with van der Waals surface area (Å²) in [6, 6.07) is 16.6. The highest BCUT2D eigenvalue weighted by atomic mass is 16.5. The van der Waals surface area contributed by atoms with Gasteiger partial charge in [-0.2, -0.15) is 0 Å². The molecule has 1 atom stereocenters. The maximum atomic E-state index is 11.8. The van der Waals surface area contributed by atoms with Crippen molar-refractivity contribution in [2.45, 2.75) is 18.9 Å². The van der Waals surface area contributed by atoms with E-state index in [0.29, 0.717) is 25.4 Å². The number of benzene rings is 2. The van der Waals surface area contributed by atoms with Crippen LogP contribution in [-0.2, 0) is 22.4 Å². The van der Waals surface area contributed by atoms with E-state index in [0.717, 1.165) is 56.1 Å². The van der Waals surface area contributed by atoms with E-state index in [2.05, 4.69) is 68.4 Å². The standard InChI is InChI=1S/C29H34N4O4/c1-36-15-12-30-19-26(18-28-31-20-27(34)29(35)32-28)25-10-8-23(9-11-25)3-2-22-4-6-24(7-5-22)21-33-13-16-37-17-14-33/h4-11,20,26,30,34H,12-19,21H2,1H3,(H,31,32,35)/t26-/m1/s1. The first-order chi connectivity index (χ1) is 18.1. The third-order valence-electron chi connectivity index (χ3n) is 6.34. The van der Waals surface area contributed by atoms with E-state index in [1.54, 1.807) is 7.11 Å². The highest BCUT2D eigenvalue weighted by Gasteiger charge is 2.15. The first-order valence-electron chi connectivity index (χ1n) is 12.6. The highest BCUT2D eigenvalue weighted by Crippen LogP contribution is 2.20.